The van der Waals surface area contributed by atoms with Crippen LogP contribution >= 0.6 is 0 Å². The van der Waals surface area contributed by atoms with Crippen LogP contribution in [0, 0.1) is 0 Å². The number of amides is 1. The number of hydrogen-bond acceptors (Lipinski definition) is 5. The quantitative estimate of drug-likeness (QED) is 0.705. The van der Waals surface area contributed by atoms with Gasteiger partial charge in [0.05, 0.1) is 6.54 Å². The standard InChI is InChI=1S/C11H19N3O3/c1-11(2,3)17-10(16)14-7-9(15)8(13-4)5-6-12/h5-6H,7,12H2,1-4H3,(H,14,16). The van der Waals surface area contributed by atoms with Gasteiger partial charge in [0.25, 0.3) is 0 Å². The average Bonchev–Trinajstić information content (AvgIpc) is 2.20. The Hall–Kier alpha value is -1.85. The Balaban J connectivity index is 4.21. The lowest BCUT2D eigenvalue weighted by molar-refractivity contribution is -0.112. The number of alkyl carbamates (subject to hydrolysis) is 1. The molecule has 0 radical (unpaired) electrons. The zero-order valence-electron chi connectivity index (χ0n) is 10.6. The summed E-state index contributed by atoms with van der Waals surface area (Å²) in [6.07, 6.45) is 1.95. The highest BCUT2D eigenvalue weighted by Crippen LogP contribution is 2.06. The molecule has 0 aliphatic heterocycles. The van der Waals surface area contributed by atoms with Crippen molar-refractivity contribution in [3.8, 4) is 0 Å². The summed E-state index contributed by atoms with van der Waals surface area (Å²) in [4.78, 5) is 26.5. The molecule has 0 aliphatic carbocycles. The first-order valence-electron chi connectivity index (χ1n) is 5.15. The Morgan fingerprint density at radius 3 is 2.41 bits per heavy atom. The zero-order chi connectivity index (χ0) is 13.5. The smallest absolute Gasteiger partial charge is 0.408 e. The minimum Gasteiger partial charge on any atom is -0.444 e. The number of aliphatic imine (C=N–C) groups is 1. The number of rotatable bonds is 4. The molecule has 0 unspecified atom stereocenters. The third-order valence-corrected chi connectivity index (χ3v) is 1.57. The summed E-state index contributed by atoms with van der Waals surface area (Å²) in [7, 11) is 1.47. The molecule has 0 aromatic heterocycles. The molecule has 1 amide bonds. The van der Waals surface area contributed by atoms with Gasteiger partial charge in [0.15, 0.2) is 5.78 Å². The summed E-state index contributed by atoms with van der Waals surface area (Å²) in [6, 6.07) is 0. The predicted octanol–water partition coefficient (Wildman–Crippen LogP) is 0.623. The molecule has 3 N–H and O–H groups in total. The van der Waals surface area contributed by atoms with Crippen LogP contribution in [0.25, 0.3) is 0 Å². The fourth-order valence-electron chi connectivity index (χ4n) is 0.941. The Morgan fingerprint density at radius 2 is 2.00 bits per heavy atom. The SMILES string of the molecule is CN=C(C=CN)C(=O)CNC(=O)OC(C)(C)C. The monoisotopic (exact) mass is 241 g/mol. The van der Waals surface area contributed by atoms with Gasteiger partial charge in [0.2, 0.25) is 0 Å². The zero-order valence-corrected chi connectivity index (χ0v) is 10.6. The van der Waals surface area contributed by atoms with Crippen molar-refractivity contribution >= 4 is 17.6 Å². The van der Waals surface area contributed by atoms with Crippen molar-refractivity contribution in [3.05, 3.63) is 12.3 Å². The van der Waals surface area contributed by atoms with E-state index in [2.05, 4.69) is 10.3 Å². The molecule has 0 aromatic carbocycles. The van der Waals surface area contributed by atoms with E-state index in [9.17, 15) is 9.59 Å². The molecule has 0 atom stereocenters. The third-order valence-electron chi connectivity index (χ3n) is 1.57. The summed E-state index contributed by atoms with van der Waals surface area (Å²) in [5, 5.41) is 2.35. The molecule has 0 aromatic rings. The van der Waals surface area contributed by atoms with Gasteiger partial charge in [-0.2, -0.15) is 0 Å². The van der Waals surface area contributed by atoms with Gasteiger partial charge in [-0.05, 0) is 33.0 Å². The number of carbonyl (C=O) groups is 2. The second-order valence-electron chi connectivity index (χ2n) is 4.25. The fraction of sp³-hybridized carbons (Fsp3) is 0.545. The highest BCUT2D eigenvalue weighted by Gasteiger charge is 2.17. The van der Waals surface area contributed by atoms with E-state index in [1.54, 1.807) is 20.8 Å². The molecule has 0 heterocycles. The van der Waals surface area contributed by atoms with Crippen molar-refractivity contribution in [1.29, 1.82) is 0 Å². The first-order valence-corrected chi connectivity index (χ1v) is 5.15. The Kier molecular flexibility index (Phi) is 5.95. The van der Waals surface area contributed by atoms with Crippen LogP contribution in [0.3, 0.4) is 0 Å². The van der Waals surface area contributed by atoms with Crippen LogP contribution in [0.15, 0.2) is 17.3 Å². The lowest BCUT2D eigenvalue weighted by Crippen LogP contribution is -2.37. The van der Waals surface area contributed by atoms with E-state index < -0.39 is 11.7 Å². The molecule has 0 aliphatic rings. The largest absolute Gasteiger partial charge is 0.444 e. The van der Waals surface area contributed by atoms with E-state index in [-0.39, 0.29) is 18.0 Å². The van der Waals surface area contributed by atoms with Gasteiger partial charge in [-0.1, -0.05) is 0 Å². The summed E-state index contributed by atoms with van der Waals surface area (Å²) in [6.45, 7) is 5.05. The number of Topliss-reactive ketones (excluding diaryl/α,β-unsaturated/α-hetero) is 1. The molecule has 0 saturated carbocycles. The van der Waals surface area contributed by atoms with Crippen LogP contribution in [-0.4, -0.2) is 36.8 Å². The number of carbonyl (C=O) groups excluding carboxylic acids is 2. The molecule has 6 nitrogen and oxygen atoms in total. The van der Waals surface area contributed by atoms with Crippen molar-refractivity contribution in [2.75, 3.05) is 13.6 Å². The fourth-order valence-corrected chi connectivity index (χ4v) is 0.941. The van der Waals surface area contributed by atoms with Crippen LogP contribution in [0.5, 0.6) is 0 Å². The van der Waals surface area contributed by atoms with Crippen molar-refractivity contribution in [3.63, 3.8) is 0 Å². The number of ether oxygens (including phenoxy) is 1. The van der Waals surface area contributed by atoms with Gasteiger partial charge in [-0.25, -0.2) is 4.79 Å². The van der Waals surface area contributed by atoms with E-state index in [0.29, 0.717) is 0 Å². The minimum atomic E-state index is -0.641. The third kappa shape index (κ3) is 7.10. The highest BCUT2D eigenvalue weighted by molar-refractivity contribution is 6.45. The van der Waals surface area contributed by atoms with Gasteiger partial charge in [0.1, 0.15) is 11.3 Å². The van der Waals surface area contributed by atoms with Crippen molar-refractivity contribution in [1.82, 2.24) is 5.32 Å². The first-order chi connectivity index (χ1) is 7.80. The number of nitrogens with one attached hydrogen (secondary N) is 1. The molecule has 0 bridgehead atoms. The molecule has 0 fully saturated rings. The van der Waals surface area contributed by atoms with E-state index in [1.165, 1.54) is 19.3 Å². The Morgan fingerprint density at radius 1 is 1.41 bits per heavy atom. The lowest BCUT2D eigenvalue weighted by atomic mass is 10.2. The molecule has 0 saturated heterocycles. The summed E-state index contributed by atoms with van der Waals surface area (Å²) < 4.78 is 4.98. The topological polar surface area (TPSA) is 93.8 Å². The van der Waals surface area contributed by atoms with Crippen LogP contribution in [0.4, 0.5) is 4.79 Å². The molecule has 96 valence electrons. The molecule has 0 rings (SSSR count). The molecule has 6 heteroatoms. The van der Waals surface area contributed by atoms with Crippen LogP contribution in [0.1, 0.15) is 20.8 Å². The van der Waals surface area contributed by atoms with Crippen LogP contribution in [0.2, 0.25) is 0 Å². The van der Waals surface area contributed by atoms with Gasteiger partial charge >= 0.3 is 6.09 Å². The van der Waals surface area contributed by atoms with E-state index in [4.69, 9.17) is 10.5 Å². The summed E-state index contributed by atoms with van der Waals surface area (Å²) in [5.41, 5.74) is 4.76. The number of allylic oxidation sites excluding steroid dienone is 1. The normalized spacial score (nSPS) is 12.6. The minimum absolute atomic E-state index is 0.175. The second-order valence-corrected chi connectivity index (χ2v) is 4.25. The van der Waals surface area contributed by atoms with E-state index >= 15 is 0 Å². The van der Waals surface area contributed by atoms with E-state index in [0.717, 1.165) is 0 Å². The Labute approximate surface area is 101 Å². The molecule has 17 heavy (non-hydrogen) atoms. The number of nitrogens with two attached hydrogens (primary N) is 1. The molecular weight excluding hydrogens is 222 g/mol. The lowest BCUT2D eigenvalue weighted by Gasteiger charge is -2.19. The number of hydrogen-bond donors (Lipinski definition) is 2. The summed E-state index contributed by atoms with van der Waals surface area (Å²) >= 11 is 0. The maximum absolute atomic E-state index is 11.5. The predicted molar refractivity (Wildman–Crippen MR) is 65.9 cm³/mol. The average molecular weight is 241 g/mol. The number of ketones is 1. The van der Waals surface area contributed by atoms with Gasteiger partial charge in [-0.3, -0.25) is 9.79 Å². The second kappa shape index (κ2) is 6.67. The van der Waals surface area contributed by atoms with Crippen LogP contribution in [-0.2, 0) is 9.53 Å². The van der Waals surface area contributed by atoms with Gasteiger partial charge in [0, 0.05) is 7.05 Å². The highest BCUT2D eigenvalue weighted by atomic mass is 16.6. The first kappa shape index (κ1) is 15.2. The van der Waals surface area contributed by atoms with Crippen LogP contribution < -0.4 is 11.1 Å². The summed E-state index contributed by atoms with van der Waals surface area (Å²) in [5.74, 6) is -0.333. The van der Waals surface area contributed by atoms with E-state index in [1.807, 2.05) is 0 Å². The van der Waals surface area contributed by atoms with Crippen molar-refractivity contribution in [2.45, 2.75) is 26.4 Å². The maximum Gasteiger partial charge on any atom is 0.408 e. The van der Waals surface area contributed by atoms with Gasteiger partial charge < -0.3 is 15.8 Å². The molecular formula is C11H19N3O3. The van der Waals surface area contributed by atoms with Crippen molar-refractivity contribution < 1.29 is 14.3 Å². The van der Waals surface area contributed by atoms with Crippen molar-refractivity contribution in [2.24, 2.45) is 10.7 Å². The maximum atomic E-state index is 11.5. The Bertz CT molecular complexity index is 340. The molecule has 0 spiro atoms. The number of nitrogens with zero attached hydrogens (tertiary/aromatic N) is 1. The van der Waals surface area contributed by atoms with Gasteiger partial charge in [-0.15, -0.1) is 0 Å².